The smallest absolute Gasteiger partial charge is 0.138 e. The van der Waals surface area contributed by atoms with Gasteiger partial charge in [0.2, 0.25) is 0 Å². The second-order valence-electron chi connectivity index (χ2n) is 5.22. The van der Waals surface area contributed by atoms with E-state index in [1.54, 1.807) is 19.1 Å². The number of rotatable bonds is 4. The van der Waals surface area contributed by atoms with Crippen molar-refractivity contribution >= 4 is 0 Å². The van der Waals surface area contributed by atoms with E-state index >= 15 is 0 Å². The number of hydrogen-bond donors (Lipinski definition) is 1. The summed E-state index contributed by atoms with van der Waals surface area (Å²) in [6.07, 6.45) is -0.250. The van der Waals surface area contributed by atoms with Crippen LogP contribution in [0.4, 0.5) is 4.39 Å². The lowest BCUT2D eigenvalue weighted by Gasteiger charge is -2.23. The van der Waals surface area contributed by atoms with Gasteiger partial charge in [0, 0.05) is 6.04 Å². The average molecular weight is 273 g/mol. The molecular formula is C17H20FNO. The fourth-order valence-electron chi connectivity index (χ4n) is 2.16. The van der Waals surface area contributed by atoms with Crippen molar-refractivity contribution in [1.29, 1.82) is 0 Å². The van der Waals surface area contributed by atoms with Crippen LogP contribution in [-0.2, 0) is 0 Å². The summed E-state index contributed by atoms with van der Waals surface area (Å²) in [6.45, 7) is 5.66. The van der Waals surface area contributed by atoms with Gasteiger partial charge >= 0.3 is 0 Å². The molecule has 0 fully saturated rings. The van der Waals surface area contributed by atoms with Crippen LogP contribution in [0.5, 0.6) is 5.75 Å². The molecule has 0 heterocycles. The molecule has 20 heavy (non-hydrogen) atoms. The van der Waals surface area contributed by atoms with Crippen molar-refractivity contribution in [2.75, 3.05) is 0 Å². The van der Waals surface area contributed by atoms with Gasteiger partial charge < -0.3 is 10.5 Å². The third-order valence-corrected chi connectivity index (χ3v) is 3.24. The summed E-state index contributed by atoms with van der Waals surface area (Å²) in [5, 5.41) is 0. The molecule has 2 N–H and O–H groups in total. The molecule has 0 bridgehead atoms. The van der Waals surface area contributed by atoms with Crippen molar-refractivity contribution in [3.05, 3.63) is 65.0 Å². The van der Waals surface area contributed by atoms with E-state index in [0.717, 1.165) is 11.1 Å². The van der Waals surface area contributed by atoms with Gasteiger partial charge in [-0.3, -0.25) is 0 Å². The van der Waals surface area contributed by atoms with Gasteiger partial charge in [-0.05, 0) is 50.1 Å². The second kappa shape index (κ2) is 6.06. The van der Waals surface area contributed by atoms with Crippen LogP contribution in [0.25, 0.3) is 0 Å². The lowest BCUT2D eigenvalue weighted by molar-refractivity contribution is 0.180. The Balaban J connectivity index is 2.28. The Hall–Kier alpha value is -1.87. The summed E-state index contributed by atoms with van der Waals surface area (Å²) in [7, 11) is 0. The Kier molecular flexibility index (Phi) is 4.40. The van der Waals surface area contributed by atoms with E-state index in [-0.39, 0.29) is 18.0 Å². The van der Waals surface area contributed by atoms with Crippen LogP contribution in [0, 0.1) is 19.7 Å². The molecule has 2 aromatic rings. The molecule has 0 saturated carbocycles. The molecule has 2 atom stereocenters. The van der Waals surface area contributed by atoms with Crippen LogP contribution >= 0.6 is 0 Å². The van der Waals surface area contributed by atoms with Gasteiger partial charge in [-0.2, -0.15) is 0 Å². The van der Waals surface area contributed by atoms with Gasteiger partial charge in [-0.25, -0.2) is 4.39 Å². The van der Waals surface area contributed by atoms with E-state index in [9.17, 15) is 4.39 Å². The third-order valence-electron chi connectivity index (χ3n) is 3.24. The minimum Gasteiger partial charge on any atom is -0.484 e. The highest BCUT2D eigenvalue weighted by atomic mass is 19.1. The Morgan fingerprint density at radius 3 is 2.45 bits per heavy atom. The maximum Gasteiger partial charge on any atom is 0.138 e. The summed E-state index contributed by atoms with van der Waals surface area (Å²) in [5.41, 5.74) is 8.79. The standard InChI is InChI=1S/C17H20FNO/c1-11-5-4-6-14(9-11)17(13(3)19)20-15-7-8-16(18)12(2)10-15/h4-10,13,17H,19H2,1-3H3. The fraction of sp³-hybridized carbons (Fsp3) is 0.294. The first kappa shape index (κ1) is 14.5. The van der Waals surface area contributed by atoms with Gasteiger partial charge in [0.05, 0.1) is 0 Å². The predicted octanol–water partition coefficient (Wildman–Crippen LogP) is 3.91. The number of benzene rings is 2. The summed E-state index contributed by atoms with van der Waals surface area (Å²) in [5.74, 6) is 0.401. The Bertz CT molecular complexity index is 595. The van der Waals surface area contributed by atoms with E-state index in [1.165, 1.54) is 6.07 Å². The van der Waals surface area contributed by atoms with Crippen molar-refractivity contribution in [3.8, 4) is 5.75 Å². The van der Waals surface area contributed by atoms with Gasteiger partial charge in [0.25, 0.3) is 0 Å². The zero-order valence-electron chi connectivity index (χ0n) is 12.1. The highest BCUT2D eigenvalue weighted by molar-refractivity contribution is 5.31. The molecule has 0 spiro atoms. The molecule has 2 nitrogen and oxygen atoms in total. The quantitative estimate of drug-likeness (QED) is 0.916. The molecule has 2 aromatic carbocycles. The molecule has 0 radical (unpaired) electrons. The van der Waals surface area contributed by atoms with Gasteiger partial charge in [-0.1, -0.05) is 29.8 Å². The van der Waals surface area contributed by atoms with Crippen LogP contribution < -0.4 is 10.5 Å². The minimum atomic E-state index is -0.250. The first-order valence-electron chi connectivity index (χ1n) is 6.72. The normalized spacial score (nSPS) is 13.8. The summed E-state index contributed by atoms with van der Waals surface area (Å²) in [6, 6.07) is 12.7. The Morgan fingerprint density at radius 2 is 1.85 bits per heavy atom. The van der Waals surface area contributed by atoms with Crippen molar-refractivity contribution in [2.24, 2.45) is 5.73 Å². The molecule has 0 aliphatic rings. The van der Waals surface area contributed by atoms with E-state index in [0.29, 0.717) is 11.3 Å². The first-order valence-corrected chi connectivity index (χ1v) is 6.72. The van der Waals surface area contributed by atoms with Crippen LogP contribution in [0.2, 0.25) is 0 Å². The lowest BCUT2D eigenvalue weighted by Crippen LogP contribution is -2.29. The highest BCUT2D eigenvalue weighted by Gasteiger charge is 2.18. The lowest BCUT2D eigenvalue weighted by atomic mass is 10.0. The number of aryl methyl sites for hydroxylation is 2. The zero-order chi connectivity index (χ0) is 14.7. The van der Waals surface area contributed by atoms with Crippen LogP contribution in [0.1, 0.15) is 29.7 Å². The van der Waals surface area contributed by atoms with Crippen molar-refractivity contribution < 1.29 is 9.13 Å². The average Bonchev–Trinajstić information content (AvgIpc) is 2.39. The van der Waals surface area contributed by atoms with E-state index in [2.05, 4.69) is 6.07 Å². The monoisotopic (exact) mass is 273 g/mol. The summed E-state index contributed by atoms with van der Waals surface area (Å²) in [4.78, 5) is 0. The SMILES string of the molecule is Cc1cccc(C(Oc2ccc(F)c(C)c2)C(C)N)c1. The Labute approximate surface area is 119 Å². The summed E-state index contributed by atoms with van der Waals surface area (Å²) < 4.78 is 19.3. The molecule has 0 saturated heterocycles. The summed E-state index contributed by atoms with van der Waals surface area (Å²) >= 11 is 0. The van der Waals surface area contributed by atoms with Gasteiger partial charge in [0.1, 0.15) is 17.7 Å². The van der Waals surface area contributed by atoms with Crippen molar-refractivity contribution in [3.63, 3.8) is 0 Å². The number of nitrogens with two attached hydrogens (primary N) is 1. The van der Waals surface area contributed by atoms with Crippen LogP contribution in [0.15, 0.2) is 42.5 Å². The predicted molar refractivity (Wildman–Crippen MR) is 79.3 cm³/mol. The van der Waals surface area contributed by atoms with Crippen LogP contribution in [0.3, 0.4) is 0 Å². The van der Waals surface area contributed by atoms with Crippen molar-refractivity contribution in [2.45, 2.75) is 32.9 Å². The third kappa shape index (κ3) is 3.36. The molecule has 0 aromatic heterocycles. The van der Waals surface area contributed by atoms with Gasteiger partial charge in [0.15, 0.2) is 0 Å². The molecule has 2 unspecified atom stereocenters. The minimum absolute atomic E-state index is 0.165. The largest absolute Gasteiger partial charge is 0.484 e. The molecule has 2 rings (SSSR count). The maximum absolute atomic E-state index is 13.3. The fourth-order valence-corrected chi connectivity index (χ4v) is 2.16. The second-order valence-corrected chi connectivity index (χ2v) is 5.22. The molecular weight excluding hydrogens is 253 g/mol. The topological polar surface area (TPSA) is 35.2 Å². The van der Waals surface area contributed by atoms with E-state index in [1.807, 2.05) is 32.0 Å². The maximum atomic E-state index is 13.3. The first-order chi connectivity index (χ1) is 9.47. The zero-order valence-corrected chi connectivity index (χ0v) is 12.1. The van der Waals surface area contributed by atoms with E-state index < -0.39 is 0 Å². The molecule has 0 aliphatic carbocycles. The number of halogens is 1. The van der Waals surface area contributed by atoms with Crippen molar-refractivity contribution in [1.82, 2.24) is 0 Å². The molecule has 106 valence electrons. The Morgan fingerprint density at radius 1 is 1.10 bits per heavy atom. The van der Waals surface area contributed by atoms with Gasteiger partial charge in [-0.15, -0.1) is 0 Å². The highest BCUT2D eigenvalue weighted by Crippen LogP contribution is 2.26. The number of ether oxygens (including phenoxy) is 1. The van der Waals surface area contributed by atoms with Crippen LogP contribution in [-0.4, -0.2) is 6.04 Å². The van der Waals surface area contributed by atoms with E-state index in [4.69, 9.17) is 10.5 Å². The molecule has 0 amide bonds. The molecule has 0 aliphatic heterocycles. The number of hydrogen-bond acceptors (Lipinski definition) is 2. The molecule has 3 heteroatoms.